The van der Waals surface area contributed by atoms with Crippen molar-refractivity contribution in [3.8, 4) is 0 Å². The summed E-state index contributed by atoms with van der Waals surface area (Å²) in [7, 11) is 1.90. The van der Waals surface area contributed by atoms with E-state index in [0.29, 0.717) is 11.7 Å². The van der Waals surface area contributed by atoms with Crippen molar-refractivity contribution in [1.29, 1.82) is 0 Å². The second kappa shape index (κ2) is 4.75. The van der Waals surface area contributed by atoms with Crippen molar-refractivity contribution >= 4 is 17.3 Å². The number of aromatic nitrogens is 3. The Bertz CT molecular complexity index is 533. The fourth-order valence-corrected chi connectivity index (χ4v) is 1.78. The van der Waals surface area contributed by atoms with Crippen LogP contribution in [0.15, 0.2) is 18.3 Å². The molecule has 0 atom stereocenters. The van der Waals surface area contributed by atoms with Crippen molar-refractivity contribution in [2.75, 3.05) is 5.32 Å². The fraction of sp³-hybridized carbons (Fsp3) is 0.333. The number of nitrogens with zero attached hydrogens (tertiary/aromatic N) is 3. The Morgan fingerprint density at radius 2 is 2.12 bits per heavy atom. The fourth-order valence-electron chi connectivity index (χ4n) is 1.64. The molecule has 0 spiro atoms. The van der Waals surface area contributed by atoms with E-state index in [0.717, 1.165) is 22.9 Å². The Labute approximate surface area is 106 Å². The SMILES string of the molecule is Cc1ccc(NCc2ncc(Cl)n2C)c(C)n1. The molecule has 0 saturated carbocycles. The molecule has 2 aromatic heterocycles. The number of rotatable bonds is 3. The molecule has 0 aliphatic carbocycles. The Balaban J connectivity index is 2.10. The normalized spacial score (nSPS) is 10.6. The zero-order valence-corrected chi connectivity index (χ0v) is 10.9. The lowest BCUT2D eigenvalue weighted by Gasteiger charge is -2.09. The molecule has 0 aromatic carbocycles. The third kappa shape index (κ3) is 2.58. The molecular weight excluding hydrogens is 236 g/mol. The van der Waals surface area contributed by atoms with Gasteiger partial charge >= 0.3 is 0 Å². The highest BCUT2D eigenvalue weighted by atomic mass is 35.5. The molecule has 2 heterocycles. The van der Waals surface area contributed by atoms with Crippen LogP contribution in [-0.4, -0.2) is 14.5 Å². The lowest BCUT2D eigenvalue weighted by Crippen LogP contribution is -2.07. The van der Waals surface area contributed by atoms with Crippen LogP contribution >= 0.6 is 11.6 Å². The van der Waals surface area contributed by atoms with Crippen LogP contribution < -0.4 is 5.32 Å². The van der Waals surface area contributed by atoms with Gasteiger partial charge in [0, 0.05) is 12.7 Å². The van der Waals surface area contributed by atoms with Gasteiger partial charge in [-0.15, -0.1) is 0 Å². The minimum absolute atomic E-state index is 0.634. The van der Waals surface area contributed by atoms with E-state index in [1.807, 2.05) is 37.6 Å². The topological polar surface area (TPSA) is 42.7 Å². The van der Waals surface area contributed by atoms with Crippen LogP contribution in [0.25, 0.3) is 0 Å². The van der Waals surface area contributed by atoms with E-state index in [9.17, 15) is 0 Å². The van der Waals surface area contributed by atoms with Crippen LogP contribution in [0.3, 0.4) is 0 Å². The van der Waals surface area contributed by atoms with Gasteiger partial charge in [0.2, 0.25) is 0 Å². The molecule has 0 saturated heterocycles. The van der Waals surface area contributed by atoms with Gasteiger partial charge in [0.15, 0.2) is 0 Å². The Morgan fingerprint density at radius 3 is 2.71 bits per heavy atom. The number of anilines is 1. The van der Waals surface area contributed by atoms with Gasteiger partial charge in [-0.05, 0) is 26.0 Å². The summed E-state index contributed by atoms with van der Waals surface area (Å²) < 4.78 is 1.85. The molecule has 17 heavy (non-hydrogen) atoms. The summed E-state index contributed by atoms with van der Waals surface area (Å²) in [6, 6.07) is 4.02. The van der Waals surface area contributed by atoms with Gasteiger partial charge in [0.05, 0.1) is 24.1 Å². The monoisotopic (exact) mass is 250 g/mol. The van der Waals surface area contributed by atoms with Crippen molar-refractivity contribution in [1.82, 2.24) is 14.5 Å². The van der Waals surface area contributed by atoms with Crippen LogP contribution in [0.5, 0.6) is 0 Å². The van der Waals surface area contributed by atoms with E-state index >= 15 is 0 Å². The van der Waals surface area contributed by atoms with Crippen molar-refractivity contribution in [3.63, 3.8) is 0 Å². The van der Waals surface area contributed by atoms with E-state index in [-0.39, 0.29) is 0 Å². The number of pyridine rings is 1. The van der Waals surface area contributed by atoms with Gasteiger partial charge in [-0.25, -0.2) is 4.98 Å². The molecule has 0 bridgehead atoms. The molecule has 0 aliphatic rings. The van der Waals surface area contributed by atoms with E-state index in [1.165, 1.54) is 0 Å². The molecular formula is C12H15ClN4. The number of imidazole rings is 1. The number of halogens is 1. The van der Waals surface area contributed by atoms with E-state index in [4.69, 9.17) is 11.6 Å². The Kier molecular flexibility index (Phi) is 3.33. The molecule has 0 radical (unpaired) electrons. The number of hydrogen-bond acceptors (Lipinski definition) is 3. The zero-order chi connectivity index (χ0) is 12.4. The molecule has 1 N–H and O–H groups in total. The highest BCUT2D eigenvalue weighted by Gasteiger charge is 2.05. The predicted octanol–water partition coefficient (Wildman–Crippen LogP) is 2.70. The molecule has 2 rings (SSSR count). The summed E-state index contributed by atoms with van der Waals surface area (Å²) in [6.45, 7) is 4.60. The standard InChI is InChI=1S/C12H15ClN4/c1-8-4-5-10(9(2)16-8)14-7-12-15-6-11(13)17(12)3/h4-6,14H,7H2,1-3H3. The first-order valence-corrected chi connectivity index (χ1v) is 5.80. The molecule has 0 aliphatic heterocycles. The minimum atomic E-state index is 0.634. The van der Waals surface area contributed by atoms with Gasteiger partial charge in [-0.3, -0.25) is 4.98 Å². The van der Waals surface area contributed by atoms with E-state index in [1.54, 1.807) is 6.20 Å². The van der Waals surface area contributed by atoms with Crippen molar-refractivity contribution in [2.24, 2.45) is 7.05 Å². The minimum Gasteiger partial charge on any atom is -0.376 e. The highest BCUT2D eigenvalue weighted by Crippen LogP contribution is 2.15. The second-order valence-electron chi connectivity index (χ2n) is 4.00. The number of hydrogen-bond donors (Lipinski definition) is 1. The third-order valence-electron chi connectivity index (χ3n) is 2.69. The van der Waals surface area contributed by atoms with Crippen molar-refractivity contribution in [3.05, 3.63) is 40.7 Å². The first-order valence-electron chi connectivity index (χ1n) is 5.42. The van der Waals surface area contributed by atoms with Crippen LogP contribution in [0, 0.1) is 13.8 Å². The number of nitrogens with one attached hydrogen (secondary N) is 1. The van der Waals surface area contributed by atoms with Crippen molar-refractivity contribution in [2.45, 2.75) is 20.4 Å². The van der Waals surface area contributed by atoms with Gasteiger partial charge in [-0.1, -0.05) is 11.6 Å². The van der Waals surface area contributed by atoms with Crippen LogP contribution in [-0.2, 0) is 13.6 Å². The summed E-state index contributed by atoms with van der Waals surface area (Å²) in [4.78, 5) is 8.62. The lowest BCUT2D eigenvalue weighted by atomic mass is 10.3. The molecule has 0 unspecified atom stereocenters. The Morgan fingerprint density at radius 1 is 1.35 bits per heavy atom. The summed E-state index contributed by atoms with van der Waals surface area (Å²) in [5.74, 6) is 0.898. The third-order valence-corrected chi connectivity index (χ3v) is 3.04. The van der Waals surface area contributed by atoms with E-state index in [2.05, 4.69) is 15.3 Å². The quantitative estimate of drug-likeness (QED) is 0.911. The molecule has 2 aromatic rings. The number of aryl methyl sites for hydroxylation is 2. The smallest absolute Gasteiger partial charge is 0.128 e. The van der Waals surface area contributed by atoms with Crippen molar-refractivity contribution < 1.29 is 0 Å². The maximum Gasteiger partial charge on any atom is 0.128 e. The maximum absolute atomic E-state index is 5.92. The summed E-state index contributed by atoms with van der Waals surface area (Å²) >= 11 is 5.92. The predicted molar refractivity (Wildman–Crippen MR) is 69.3 cm³/mol. The first kappa shape index (κ1) is 11.9. The van der Waals surface area contributed by atoms with E-state index < -0.39 is 0 Å². The Hall–Kier alpha value is -1.55. The van der Waals surface area contributed by atoms with Crippen LogP contribution in [0.4, 0.5) is 5.69 Å². The summed E-state index contributed by atoms with van der Waals surface area (Å²) in [5, 5.41) is 3.95. The first-order chi connectivity index (χ1) is 8.08. The summed E-state index contributed by atoms with van der Waals surface area (Å²) in [5.41, 5.74) is 3.04. The summed E-state index contributed by atoms with van der Waals surface area (Å²) in [6.07, 6.45) is 1.65. The average molecular weight is 251 g/mol. The molecule has 4 nitrogen and oxygen atoms in total. The average Bonchev–Trinajstić information content (AvgIpc) is 2.59. The largest absolute Gasteiger partial charge is 0.376 e. The van der Waals surface area contributed by atoms with Crippen LogP contribution in [0.1, 0.15) is 17.2 Å². The lowest BCUT2D eigenvalue weighted by molar-refractivity contribution is 0.812. The molecule has 5 heteroatoms. The molecule has 0 fully saturated rings. The van der Waals surface area contributed by atoms with Crippen LogP contribution in [0.2, 0.25) is 5.15 Å². The van der Waals surface area contributed by atoms with Gasteiger partial charge < -0.3 is 9.88 Å². The second-order valence-corrected chi connectivity index (χ2v) is 4.38. The highest BCUT2D eigenvalue weighted by molar-refractivity contribution is 6.29. The van der Waals surface area contributed by atoms with Gasteiger partial charge in [0.25, 0.3) is 0 Å². The maximum atomic E-state index is 5.92. The van der Waals surface area contributed by atoms with Gasteiger partial charge in [-0.2, -0.15) is 0 Å². The molecule has 0 amide bonds. The molecule has 90 valence electrons. The van der Waals surface area contributed by atoms with Gasteiger partial charge in [0.1, 0.15) is 11.0 Å². The zero-order valence-electron chi connectivity index (χ0n) is 10.2.